The van der Waals surface area contributed by atoms with E-state index in [1.165, 1.54) is 17.4 Å². The molecular formula is C10H6FNOS. The number of nitrogens with zero attached hydrogens (tertiary/aromatic N) is 1. The molecule has 0 bridgehead atoms. The standard InChI is InChI=1S/C10H6FNOS/c11-9-1-2-10-7(8(9)4-12)3-6(5-13)14-10/h1-3,13H,5H2. The lowest BCUT2D eigenvalue weighted by Crippen LogP contribution is -1.82. The molecule has 2 aromatic rings. The van der Waals surface area contributed by atoms with Crippen LogP contribution in [0.2, 0.25) is 0 Å². The third-order valence-electron chi connectivity index (χ3n) is 1.97. The maximum atomic E-state index is 13.2. The number of aliphatic hydroxyl groups is 1. The smallest absolute Gasteiger partial charge is 0.141 e. The predicted molar refractivity (Wildman–Crippen MR) is 52.4 cm³/mol. The molecule has 0 saturated heterocycles. The highest BCUT2D eigenvalue weighted by Gasteiger charge is 2.09. The molecule has 2 nitrogen and oxygen atoms in total. The van der Waals surface area contributed by atoms with Crippen LogP contribution in [0.5, 0.6) is 0 Å². The number of hydrogen-bond donors (Lipinski definition) is 1. The van der Waals surface area contributed by atoms with Crippen LogP contribution in [-0.4, -0.2) is 5.11 Å². The third-order valence-corrected chi connectivity index (χ3v) is 3.05. The van der Waals surface area contributed by atoms with Crippen LogP contribution in [0.25, 0.3) is 10.1 Å². The van der Waals surface area contributed by atoms with Gasteiger partial charge in [-0.15, -0.1) is 11.3 Å². The zero-order valence-corrected chi connectivity index (χ0v) is 7.94. The van der Waals surface area contributed by atoms with Crippen molar-refractivity contribution in [3.8, 4) is 6.07 Å². The fraction of sp³-hybridized carbons (Fsp3) is 0.100. The molecule has 1 heterocycles. The van der Waals surface area contributed by atoms with Crippen molar-refractivity contribution in [2.75, 3.05) is 0 Å². The second-order valence-corrected chi connectivity index (χ2v) is 3.99. The van der Waals surface area contributed by atoms with Gasteiger partial charge in [0.25, 0.3) is 0 Å². The fourth-order valence-corrected chi connectivity index (χ4v) is 2.26. The summed E-state index contributed by atoms with van der Waals surface area (Å²) in [6, 6.07) is 6.38. The van der Waals surface area contributed by atoms with Crippen LogP contribution < -0.4 is 0 Å². The number of hydrogen-bond acceptors (Lipinski definition) is 3. The summed E-state index contributed by atoms with van der Waals surface area (Å²) in [6.07, 6.45) is 0. The minimum absolute atomic E-state index is 0.0541. The molecule has 0 aliphatic carbocycles. The molecule has 0 fully saturated rings. The summed E-state index contributed by atoms with van der Waals surface area (Å²) in [7, 11) is 0. The Labute approximate surface area is 83.8 Å². The van der Waals surface area contributed by atoms with Crippen molar-refractivity contribution in [1.82, 2.24) is 0 Å². The molecule has 1 aromatic heterocycles. The molecule has 0 unspecified atom stereocenters. The highest BCUT2D eigenvalue weighted by molar-refractivity contribution is 7.19. The second kappa shape index (κ2) is 3.37. The Hall–Kier alpha value is -1.44. The first-order valence-corrected chi connectivity index (χ1v) is 4.80. The van der Waals surface area contributed by atoms with Gasteiger partial charge in [-0.25, -0.2) is 4.39 Å². The van der Waals surface area contributed by atoms with E-state index >= 15 is 0 Å². The molecule has 0 aliphatic heterocycles. The van der Waals surface area contributed by atoms with E-state index in [1.54, 1.807) is 12.1 Å². The van der Waals surface area contributed by atoms with Gasteiger partial charge in [0.2, 0.25) is 0 Å². The van der Waals surface area contributed by atoms with Crippen molar-refractivity contribution >= 4 is 21.4 Å². The van der Waals surface area contributed by atoms with Crippen molar-refractivity contribution in [3.05, 3.63) is 34.5 Å². The van der Waals surface area contributed by atoms with Crippen LogP contribution in [-0.2, 0) is 6.61 Å². The highest BCUT2D eigenvalue weighted by atomic mass is 32.1. The molecular weight excluding hydrogens is 201 g/mol. The fourth-order valence-electron chi connectivity index (χ4n) is 1.33. The molecule has 0 spiro atoms. The average molecular weight is 207 g/mol. The van der Waals surface area contributed by atoms with Crippen molar-refractivity contribution in [1.29, 1.82) is 5.26 Å². The van der Waals surface area contributed by atoms with Crippen LogP contribution in [0.15, 0.2) is 18.2 Å². The number of fused-ring (bicyclic) bond motifs is 1. The summed E-state index contributed by atoms with van der Waals surface area (Å²) < 4.78 is 14.0. The molecule has 14 heavy (non-hydrogen) atoms. The molecule has 0 atom stereocenters. The Morgan fingerprint density at radius 1 is 1.50 bits per heavy atom. The largest absolute Gasteiger partial charge is 0.391 e. The normalized spacial score (nSPS) is 10.4. The molecule has 0 amide bonds. The summed E-state index contributed by atoms with van der Waals surface area (Å²) in [5.41, 5.74) is 0.0541. The Bertz CT molecular complexity index is 527. The van der Waals surface area contributed by atoms with Crippen molar-refractivity contribution in [2.24, 2.45) is 0 Å². The first-order valence-electron chi connectivity index (χ1n) is 3.98. The lowest BCUT2D eigenvalue weighted by molar-refractivity contribution is 0.285. The average Bonchev–Trinajstić information content (AvgIpc) is 2.60. The molecule has 0 radical (unpaired) electrons. The van der Waals surface area contributed by atoms with Crippen LogP contribution in [0.3, 0.4) is 0 Å². The van der Waals surface area contributed by atoms with Gasteiger partial charge in [-0.2, -0.15) is 5.26 Å². The molecule has 1 N–H and O–H groups in total. The van der Waals surface area contributed by atoms with E-state index in [9.17, 15) is 4.39 Å². The molecule has 1 aromatic carbocycles. The first-order chi connectivity index (χ1) is 6.76. The van der Waals surface area contributed by atoms with E-state index < -0.39 is 5.82 Å². The minimum atomic E-state index is -0.512. The maximum Gasteiger partial charge on any atom is 0.141 e. The van der Waals surface area contributed by atoms with Gasteiger partial charge in [-0.05, 0) is 18.2 Å². The Kier molecular flexibility index (Phi) is 2.20. The van der Waals surface area contributed by atoms with E-state index in [0.717, 1.165) is 9.58 Å². The summed E-state index contributed by atoms with van der Waals surface area (Å²) in [5.74, 6) is -0.512. The Balaban J connectivity index is 2.81. The quantitative estimate of drug-likeness (QED) is 0.780. The van der Waals surface area contributed by atoms with Gasteiger partial charge < -0.3 is 5.11 Å². The van der Waals surface area contributed by atoms with Crippen molar-refractivity contribution in [3.63, 3.8) is 0 Å². The van der Waals surface area contributed by atoms with E-state index in [2.05, 4.69) is 0 Å². The van der Waals surface area contributed by atoms with Crippen molar-refractivity contribution < 1.29 is 9.50 Å². The van der Waals surface area contributed by atoms with E-state index in [0.29, 0.717) is 5.39 Å². The highest BCUT2D eigenvalue weighted by Crippen LogP contribution is 2.29. The molecule has 70 valence electrons. The maximum absolute atomic E-state index is 13.2. The number of thiophene rings is 1. The van der Waals surface area contributed by atoms with Gasteiger partial charge in [0, 0.05) is 15.0 Å². The summed E-state index contributed by atoms with van der Waals surface area (Å²) in [6.45, 7) is -0.0775. The van der Waals surface area contributed by atoms with Gasteiger partial charge in [-0.3, -0.25) is 0 Å². The first kappa shape index (κ1) is 9.13. The SMILES string of the molecule is N#Cc1c(F)ccc2sc(CO)cc12. The molecule has 0 saturated carbocycles. The number of benzene rings is 1. The Morgan fingerprint density at radius 2 is 2.29 bits per heavy atom. The third kappa shape index (κ3) is 1.27. The van der Waals surface area contributed by atoms with Gasteiger partial charge >= 0.3 is 0 Å². The lowest BCUT2D eigenvalue weighted by atomic mass is 10.1. The minimum Gasteiger partial charge on any atom is -0.391 e. The monoisotopic (exact) mass is 207 g/mol. The van der Waals surface area contributed by atoms with Crippen LogP contribution >= 0.6 is 11.3 Å². The summed E-state index contributed by atoms with van der Waals surface area (Å²) in [4.78, 5) is 0.738. The zero-order chi connectivity index (χ0) is 10.1. The van der Waals surface area contributed by atoms with Gasteiger partial charge in [0.15, 0.2) is 0 Å². The molecule has 2 rings (SSSR count). The van der Waals surface area contributed by atoms with Crippen LogP contribution in [0.1, 0.15) is 10.4 Å². The number of aliphatic hydroxyl groups excluding tert-OH is 1. The number of halogens is 1. The van der Waals surface area contributed by atoms with Gasteiger partial charge in [-0.1, -0.05) is 0 Å². The van der Waals surface area contributed by atoms with Gasteiger partial charge in [0.1, 0.15) is 11.9 Å². The lowest BCUT2D eigenvalue weighted by Gasteiger charge is -1.93. The molecule has 0 aliphatic rings. The Morgan fingerprint density at radius 3 is 2.93 bits per heavy atom. The van der Waals surface area contributed by atoms with Gasteiger partial charge in [0.05, 0.1) is 12.2 Å². The van der Waals surface area contributed by atoms with E-state index in [-0.39, 0.29) is 12.2 Å². The second-order valence-electron chi connectivity index (χ2n) is 2.82. The van der Waals surface area contributed by atoms with E-state index in [4.69, 9.17) is 10.4 Å². The molecule has 4 heteroatoms. The van der Waals surface area contributed by atoms with E-state index in [1.807, 2.05) is 6.07 Å². The van der Waals surface area contributed by atoms with Crippen LogP contribution in [0.4, 0.5) is 4.39 Å². The topological polar surface area (TPSA) is 44.0 Å². The van der Waals surface area contributed by atoms with Crippen LogP contribution in [0, 0.1) is 17.1 Å². The zero-order valence-electron chi connectivity index (χ0n) is 7.12. The number of rotatable bonds is 1. The summed E-state index contributed by atoms with van der Waals surface area (Å²) in [5, 5.41) is 18.2. The number of nitriles is 1. The predicted octanol–water partition coefficient (Wildman–Crippen LogP) is 2.40. The summed E-state index contributed by atoms with van der Waals surface area (Å²) >= 11 is 1.37. The van der Waals surface area contributed by atoms with Crippen molar-refractivity contribution in [2.45, 2.75) is 6.61 Å².